The molecule has 1 aliphatic heterocycles. The van der Waals surface area contributed by atoms with E-state index >= 15 is 0 Å². The first-order valence-corrected chi connectivity index (χ1v) is 11.2. The number of carbonyl (C=O) groups is 2. The van der Waals surface area contributed by atoms with Crippen molar-refractivity contribution in [3.05, 3.63) is 71.3 Å². The van der Waals surface area contributed by atoms with E-state index in [2.05, 4.69) is 15.5 Å². The van der Waals surface area contributed by atoms with Crippen molar-refractivity contribution in [1.82, 2.24) is 15.5 Å². The zero-order valence-electron chi connectivity index (χ0n) is 18.9. The number of hydrogen-bond donors (Lipinski definition) is 2. The first-order valence-electron chi connectivity index (χ1n) is 11.2. The van der Waals surface area contributed by atoms with Gasteiger partial charge >= 0.3 is 6.18 Å². The van der Waals surface area contributed by atoms with E-state index in [-0.39, 0.29) is 23.8 Å². The highest BCUT2D eigenvalue weighted by Crippen LogP contribution is 2.30. The van der Waals surface area contributed by atoms with E-state index in [0.29, 0.717) is 43.6 Å². The van der Waals surface area contributed by atoms with Gasteiger partial charge < -0.3 is 10.6 Å². The topological polar surface area (TPSA) is 61.4 Å². The van der Waals surface area contributed by atoms with Crippen LogP contribution >= 0.6 is 0 Å². The lowest BCUT2D eigenvalue weighted by Crippen LogP contribution is -2.53. The molecule has 8 heteroatoms. The predicted molar refractivity (Wildman–Crippen MR) is 120 cm³/mol. The second kappa shape index (κ2) is 10.8. The number of nitrogens with zero attached hydrogens (tertiary/aromatic N) is 1. The maximum absolute atomic E-state index is 12.9. The summed E-state index contributed by atoms with van der Waals surface area (Å²) in [6.07, 6.45) is -2.96. The number of benzene rings is 2. The van der Waals surface area contributed by atoms with Crippen LogP contribution in [0.4, 0.5) is 13.2 Å². The number of carbonyl (C=O) groups excluding carboxylic acids is 2. The SMILES string of the molecule is CC(C)C(NC(=O)c1ccccc1)C(=O)NC1CCN(Cc2cccc(C(F)(F)F)c2)CC1. The molecule has 0 radical (unpaired) electrons. The number of piperidine rings is 1. The van der Waals surface area contributed by atoms with Gasteiger partial charge in [0.2, 0.25) is 5.91 Å². The molecule has 5 nitrogen and oxygen atoms in total. The van der Waals surface area contributed by atoms with Crippen molar-refractivity contribution in [2.75, 3.05) is 13.1 Å². The van der Waals surface area contributed by atoms with Crippen molar-refractivity contribution in [2.45, 2.75) is 51.5 Å². The third kappa shape index (κ3) is 7.05. The molecule has 0 saturated carbocycles. The molecule has 0 spiro atoms. The predicted octanol–water partition coefficient (Wildman–Crippen LogP) is 4.24. The molecule has 3 rings (SSSR count). The Morgan fingerprint density at radius 1 is 1.03 bits per heavy atom. The Balaban J connectivity index is 1.51. The molecule has 1 aliphatic rings. The molecule has 2 amide bonds. The average molecular weight is 462 g/mol. The Morgan fingerprint density at radius 2 is 1.70 bits per heavy atom. The van der Waals surface area contributed by atoms with Gasteiger partial charge in [-0.25, -0.2) is 0 Å². The van der Waals surface area contributed by atoms with Crippen LogP contribution in [-0.2, 0) is 17.5 Å². The van der Waals surface area contributed by atoms with Gasteiger partial charge in [0.05, 0.1) is 5.56 Å². The van der Waals surface area contributed by atoms with E-state index in [4.69, 9.17) is 0 Å². The number of amides is 2. The third-order valence-corrected chi connectivity index (χ3v) is 5.87. The standard InChI is InChI=1S/C25H30F3N3O2/c1-17(2)22(30-23(32)19-8-4-3-5-9-19)24(33)29-21-11-13-31(14-12-21)16-18-7-6-10-20(15-18)25(26,27)28/h3-10,15,17,21-22H,11-14,16H2,1-2H3,(H,29,33)(H,30,32). The lowest BCUT2D eigenvalue weighted by Gasteiger charge is -2.33. The molecular weight excluding hydrogens is 431 g/mol. The highest BCUT2D eigenvalue weighted by molar-refractivity contribution is 5.97. The fourth-order valence-electron chi connectivity index (χ4n) is 3.98. The second-order valence-electron chi connectivity index (χ2n) is 8.82. The summed E-state index contributed by atoms with van der Waals surface area (Å²) in [7, 11) is 0. The molecule has 0 bridgehead atoms. The summed E-state index contributed by atoms with van der Waals surface area (Å²) in [5.74, 6) is -0.593. The second-order valence-corrected chi connectivity index (χ2v) is 8.82. The van der Waals surface area contributed by atoms with Crippen molar-refractivity contribution < 1.29 is 22.8 Å². The fourth-order valence-corrected chi connectivity index (χ4v) is 3.98. The van der Waals surface area contributed by atoms with Crippen molar-refractivity contribution in [3.63, 3.8) is 0 Å². The Bertz CT molecular complexity index is 939. The average Bonchev–Trinajstić information content (AvgIpc) is 2.78. The lowest BCUT2D eigenvalue weighted by molar-refractivity contribution is -0.137. The van der Waals surface area contributed by atoms with E-state index in [0.717, 1.165) is 6.07 Å². The molecule has 33 heavy (non-hydrogen) atoms. The largest absolute Gasteiger partial charge is 0.416 e. The molecule has 2 aromatic carbocycles. The quantitative estimate of drug-likeness (QED) is 0.649. The van der Waals surface area contributed by atoms with E-state index in [1.54, 1.807) is 30.3 Å². The molecule has 2 aromatic rings. The molecule has 1 fully saturated rings. The van der Waals surface area contributed by atoms with Gasteiger partial charge in [-0.1, -0.05) is 50.2 Å². The van der Waals surface area contributed by atoms with Crippen LogP contribution in [0.25, 0.3) is 0 Å². The zero-order chi connectivity index (χ0) is 24.0. The summed E-state index contributed by atoms with van der Waals surface area (Å²) >= 11 is 0. The normalized spacial score (nSPS) is 16.4. The number of alkyl halides is 3. The summed E-state index contributed by atoms with van der Waals surface area (Å²) in [5.41, 5.74) is 0.481. The van der Waals surface area contributed by atoms with Gasteiger partial charge in [-0.2, -0.15) is 13.2 Å². The lowest BCUT2D eigenvalue weighted by atomic mass is 9.99. The first-order chi connectivity index (χ1) is 15.6. The molecule has 1 saturated heterocycles. The molecule has 0 aromatic heterocycles. The minimum atomic E-state index is -4.35. The van der Waals surface area contributed by atoms with Gasteiger partial charge in [0.1, 0.15) is 6.04 Å². The van der Waals surface area contributed by atoms with E-state index < -0.39 is 17.8 Å². The number of rotatable bonds is 7. The van der Waals surface area contributed by atoms with Crippen molar-refractivity contribution >= 4 is 11.8 Å². The van der Waals surface area contributed by atoms with Gasteiger partial charge in [0.25, 0.3) is 5.91 Å². The number of likely N-dealkylation sites (tertiary alicyclic amines) is 1. The summed E-state index contributed by atoms with van der Waals surface area (Å²) in [4.78, 5) is 27.5. The molecule has 1 atom stereocenters. The van der Waals surface area contributed by atoms with Crippen LogP contribution in [-0.4, -0.2) is 41.9 Å². The van der Waals surface area contributed by atoms with Gasteiger partial charge in [-0.3, -0.25) is 14.5 Å². The summed E-state index contributed by atoms with van der Waals surface area (Å²) in [6, 6.07) is 13.5. The van der Waals surface area contributed by atoms with E-state index in [9.17, 15) is 22.8 Å². The Morgan fingerprint density at radius 3 is 2.30 bits per heavy atom. The van der Waals surface area contributed by atoms with Crippen LogP contribution in [0, 0.1) is 5.92 Å². The van der Waals surface area contributed by atoms with Crippen LogP contribution in [0.1, 0.15) is 48.2 Å². The van der Waals surface area contributed by atoms with Crippen molar-refractivity contribution in [3.8, 4) is 0 Å². The monoisotopic (exact) mass is 461 g/mol. The molecule has 178 valence electrons. The Hall–Kier alpha value is -2.87. The van der Waals surface area contributed by atoms with Crippen LogP contribution in [0.5, 0.6) is 0 Å². The van der Waals surface area contributed by atoms with Crippen molar-refractivity contribution in [2.24, 2.45) is 5.92 Å². The fraction of sp³-hybridized carbons (Fsp3) is 0.440. The van der Waals surface area contributed by atoms with Crippen LogP contribution in [0.3, 0.4) is 0 Å². The number of hydrogen-bond acceptors (Lipinski definition) is 3. The van der Waals surface area contributed by atoms with E-state index in [1.807, 2.05) is 19.9 Å². The zero-order valence-corrected chi connectivity index (χ0v) is 18.9. The Labute approximate surface area is 192 Å². The van der Waals surface area contributed by atoms with Gasteiger partial charge in [0.15, 0.2) is 0 Å². The number of nitrogens with one attached hydrogen (secondary N) is 2. The minimum Gasteiger partial charge on any atom is -0.351 e. The van der Waals surface area contributed by atoms with Gasteiger partial charge in [-0.05, 0) is 42.5 Å². The molecule has 1 unspecified atom stereocenters. The molecular formula is C25H30F3N3O2. The summed E-state index contributed by atoms with van der Waals surface area (Å²) < 4.78 is 38.8. The minimum absolute atomic E-state index is 0.0369. The van der Waals surface area contributed by atoms with Crippen LogP contribution < -0.4 is 10.6 Å². The smallest absolute Gasteiger partial charge is 0.351 e. The molecule has 1 heterocycles. The maximum Gasteiger partial charge on any atom is 0.416 e. The van der Waals surface area contributed by atoms with Crippen molar-refractivity contribution in [1.29, 1.82) is 0 Å². The third-order valence-electron chi connectivity index (χ3n) is 5.87. The molecule has 2 N–H and O–H groups in total. The van der Waals surface area contributed by atoms with Gasteiger partial charge in [0, 0.05) is 31.2 Å². The Kier molecular flexibility index (Phi) is 8.13. The highest BCUT2D eigenvalue weighted by Gasteiger charge is 2.31. The van der Waals surface area contributed by atoms with Crippen LogP contribution in [0.2, 0.25) is 0 Å². The first kappa shape index (κ1) is 24.8. The summed E-state index contributed by atoms with van der Waals surface area (Å²) in [6.45, 7) is 5.54. The number of halogens is 3. The van der Waals surface area contributed by atoms with Gasteiger partial charge in [-0.15, -0.1) is 0 Å². The maximum atomic E-state index is 12.9. The molecule has 0 aliphatic carbocycles. The summed E-state index contributed by atoms with van der Waals surface area (Å²) in [5, 5.41) is 5.87. The van der Waals surface area contributed by atoms with E-state index in [1.165, 1.54) is 12.1 Å². The van der Waals surface area contributed by atoms with Crippen LogP contribution in [0.15, 0.2) is 54.6 Å². The highest BCUT2D eigenvalue weighted by atomic mass is 19.4.